The van der Waals surface area contributed by atoms with E-state index in [0.29, 0.717) is 16.7 Å². The van der Waals surface area contributed by atoms with Crippen LogP contribution in [0.4, 0.5) is 9.52 Å². The lowest BCUT2D eigenvalue weighted by atomic mass is 10.1. The molecule has 0 spiro atoms. The Balaban J connectivity index is 1.91. The van der Waals surface area contributed by atoms with Gasteiger partial charge in [0.2, 0.25) is 5.91 Å². The zero-order valence-corrected chi connectivity index (χ0v) is 18.5. The number of nitrogens with zero attached hydrogens (tertiary/aromatic N) is 3. The molecule has 1 heterocycles. The average molecular weight is 434 g/mol. The summed E-state index contributed by atoms with van der Waals surface area (Å²) in [5.41, 5.74) is 2.64. The van der Waals surface area contributed by atoms with Crippen molar-refractivity contribution in [2.75, 3.05) is 31.1 Å². The standard InChI is InChI=1S/C22H25ClFN3OS/c1-4-26(5-2)12-13-27(19(28)14-16-7-9-17(24)10-8-16)22-25-20-15(3)6-11-18(23)21(20)29-22/h6-11H,4-5,12-14H2,1-3H3. The monoisotopic (exact) mass is 433 g/mol. The highest BCUT2D eigenvalue weighted by atomic mass is 35.5. The van der Waals surface area contributed by atoms with Crippen molar-refractivity contribution in [1.29, 1.82) is 0 Å². The number of anilines is 1. The Morgan fingerprint density at radius 2 is 1.79 bits per heavy atom. The number of rotatable bonds is 8. The number of fused-ring (bicyclic) bond motifs is 1. The molecule has 3 aromatic rings. The third-order valence-electron chi connectivity index (χ3n) is 5.02. The number of halogens is 2. The minimum Gasteiger partial charge on any atom is -0.302 e. The van der Waals surface area contributed by atoms with Crippen LogP contribution in [-0.2, 0) is 11.2 Å². The van der Waals surface area contributed by atoms with Crippen molar-refractivity contribution in [2.24, 2.45) is 0 Å². The molecule has 2 aromatic carbocycles. The molecule has 154 valence electrons. The average Bonchev–Trinajstić information content (AvgIpc) is 3.16. The fourth-order valence-corrected chi connectivity index (χ4v) is 4.55. The van der Waals surface area contributed by atoms with E-state index in [0.717, 1.165) is 41.0 Å². The molecule has 7 heteroatoms. The normalized spacial score (nSPS) is 11.4. The van der Waals surface area contributed by atoms with E-state index in [9.17, 15) is 9.18 Å². The molecule has 0 N–H and O–H groups in total. The topological polar surface area (TPSA) is 36.4 Å². The summed E-state index contributed by atoms with van der Waals surface area (Å²) in [5, 5.41) is 1.29. The smallest absolute Gasteiger partial charge is 0.233 e. The van der Waals surface area contributed by atoms with E-state index in [2.05, 4.69) is 18.7 Å². The molecular formula is C22H25ClFN3OS. The van der Waals surface area contributed by atoms with Crippen LogP contribution < -0.4 is 4.90 Å². The molecule has 0 aliphatic rings. The van der Waals surface area contributed by atoms with Crippen LogP contribution in [0.2, 0.25) is 5.02 Å². The lowest BCUT2D eigenvalue weighted by molar-refractivity contribution is -0.118. The molecule has 0 atom stereocenters. The Morgan fingerprint density at radius 3 is 2.41 bits per heavy atom. The maximum absolute atomic E-state index is 13.2. The fourth-order valence-electron chi connectivity index (χ4n) is 3.19. The fraction of sp³-hybridized carbons (Fsp3) is 0.364. The molecular weight excluding hydrogens is 409 g/mol. The van der Waals surface area contributed by atoms with E-state index in [1.54, 1.807) is 17.0 Å². The number of carbonyl (C=O) groups excluding carboxylic acids is 1. The summed E-state index contributed by atoms with van der Waals surface area (Å²) in [6.07, 6.45) is 0.196. The molecule has 1 aromatic heterocycles. The summed E-state index contributed by atoms with van der Waals surface area (Å²) in [6.45, 7) is 9.33. The van der Waals surface area contributed by atoms with Crippen molar-refractivity contribution in [3.63, 3.8) is 0 Å². The number of hydrogen-bond donors (Lipinski definition) is 0. The van der Waals surface area contributed by atoms with Crippen molar-refractivity contribution < 1.29 is 9.18 Å². The van der Waals surface area contributed by atoms with E-state index in [4.69, 9.17) is 16.6 Å². The van der Waals surface area contributed by atoms with Gasteiger partial charge in [-0.1, -0.05) is 55.0 Å². The first-order valence-electron chi connectivity index (χ1n) is 9.75. The van der Waals surface area contributed by atoms with E-state index in [1.807, 2.05) is 19.1 Å². The number of thiazole rings is 1. The van der Waals surface area contributed by atoms with Gasteiger partial charge in [0, 0.05) is 13.1 Å². The van der Waals surface area contributed by atoms with Crippen molar-refractivity contribution in [2.45, 2.75) is 27.2 Å². The van der Waals surface area contributed by atoms with Gasteiger partial charge < -0.3 is 4.90 Å². The van der Waals surface area contributed by atoms with Crippen LogP contribution in [-0.4, -0.2) is 42.0 Å². The first kappa shape index (κ1) is 21.7. The highest BCUT2D eigenvalue weighted by Crippen LogP contribution is 2.35. The molecule has 0 saturated heterocycles. The highest BCUT2D eigenvalue weighted by molar-refractivity contribution is 7.23. The number of carbonyl (C=O) groups is 1. The Labute approximate surface area is 179 Å². The lowest BCUT2D eigenvalue weighted by Crippen LogP contribution is -2.39. The molecule has 3 rings (SSSR count). The molecule has 0 unspecified atom stereocenters. The second-order valence-corrected chi connectivity index (χ2v) is 8.30. The van der Waals surface area contributed by atoms with Gasteiger partial charge in [0.15, 0.2) is 5.13 Å². The number of likely N-dealkylation sites (N-methyl/N-ethyl adjacent to an activating group) is 1. The van der Waals surface area contributed by atoms with E-state index in [1.165, 1.54) is 23.5 Å². The maximum Gasteiger partial charge on any atom is 0.233 e. The van der Waals surface area contributed by atoms with Crippen LogP contribution in [0.1, 0.15) is 25.0 Å². The lowest BCUT2D eigenvalue weighted by Gasteiger charge is -2.24. The van der Waals surface area contributed by atoms with Gasteiger partial charge in [-0.25, -0.2) is 9.37 Å². The SMILES string of the molecule is CCN(CC)CCN(C(=O)Cc1ccc(F)cc1)c1nc2c(C)ccc(Cl)c2s1. The first-order chi connectivity index (χ1) is 13.9. The second kappa shape index (κ2) is 9.65. The van der Waals surface area contributed by atoms with E-state index >= 15 is 0 Å². The Morgan fingerprint density at radius 1 is 1.10 bits per heavy atom. The third-order valence-corrected chi connectivity index (χ3v) is 6.56. The minimum absolute atomic E-state index is 0.0587. The molecule has 1 amide bonds. The second-order valence-electron chi connectivity index (χ2n) is 6.91. The largest absolute Gasteiger partial charge is 0.302 e. The summed E-state index contributed by atoms with van der Waals surface area (Å²) in [7, 11) is 0. The predicted molar refractivity (Wildman–Crippen MR) is 120 cm³/mol. The molecule has 0 fully saturated rings. The molecule has 0 radical (unpaired) electrons. The zero-order chi connectivity index (χ0) is 21.0. The summed E-state index contributed by atoms with van der Waals surface area (Å²) in [5.74, 6) is -0.368. The van der Waals surface area contributed by atoms with Gasteiger partial charge >= 0.3 is 0 Å². The third kappa shape index (κ3) is 5.13. The van der Waals surface area contributed by atoms with Crippen LogP contribution in [0.5, 0.6) is 0 Å². The van der Waals surface area contributed by atoms with Crippen molar-refractivity contribution >= 4 is 44.2 Å². The number of aromatic nitrogens is 1. The molecule has 0 saturated carbocycles. The van der Waals surface area contributed by atoms with Crippen LogP contribution in [0.15, 0.2) is 36.4 Å². The number of benzene rings is 2. The number of amides is 1. The van der Waals surface area contributed by atoms with Gasteiger partial charge in [-0.15, -0.1) is 0 Å². The van der Waals surface area contributed by atoms with Gasteiger partial charge in [-0.2, -0.15) is 0 Å². The Bertz CT molecular complexity index is 947. The van der Waals surface area contributed by atoms with Gasteiger partial charge in [-0.3, -0.25) is 9.69 Å². The molecule has 4 nitrogen and oxygen atoms in total. The highest BCUT2D eigenvalue weighted by Gasteiger charge is 2.22. The predicted octanol–water partition coefficient (Wildman–Crippen LogP) is 5.31. The minimum atomic E-state index is -0.309. The summed E-state index contributed by atoms with van der Waals surface area (Å²) >= 11 is 7.80. The maximum atomic E-state index is 13.2. The van der Waals surface area contributed by atoms with Gasteiger partial charge in [0.25, 0.3) is 0 Å². The van der Waals surface area contributed by atoms with Gasteiger partial charge in [0.05, 0.1) is 21.7 Å². The first-order valence-corrected chi connectivity index (χ1v) is 10.9. The molecule has 0 aliphatic heterocycles. The zero-order valence-electron chi connectivity index (χ0n) is 16.9. The van der Waals surface area contributed by atoms with E-state index in [-0.39, 0.29) is 18.1 Å². The quantitative estimate of drug-likeness (QED) is 0.482. The summed E-state index contributed by atoms with van der Waals surface area (Å²) in [6, 6.07) is 9.86. The van der Waals surface area contributed by atoms with Crippen molar-refractivity contribution in [3.8, 4) is 0 Å². The van der Waals surface area contributed by atoms with Crippen LogP contribution in [0.3, 0.4) is 0 Å². The molecule has 29 heavy (non-hydrogen) atoms. The van der Waals surface area contributed by atoms with Crippen molar-refractivity contribution in [1.82, 2.24) is 9.88 Å². The molecule has 0 bridgehead atoms. The van der Waals surface area contributed by atoms with Gasteiger partial charge in [-0.05, 0) is 49.3 Å². The Kier molecular flexibility index (Phi) is 7.22. The van der Waals surface area contributed by atoms with Gasteiger partial charge in [0.1, 0.15) is 5.82 Å². The van der Waals surface area contributed by atoms with Crippen LogP contribution in [0.25, 0.3) is 10.2 Å². The summed E-state index contributed by atoms with van der Waals surface area (Å²) in [4.78, 5) is 21.9. The van der Waals surface area contributed by atoms with Crippen LogP contribution >= 0.6 is 22.9 Å². The van der Waals surface area contributed by atoms with Crippen LogP contribution in [0, 0.1) is 12.7 Å². The van der Waals surface area contributed by atoms with E-state index < -0.39 is 0 Å². The number of aryl methyl sites for hydroxylation is 1. The van der Waals surface area contributed by atoms with Crippen molar-refractivity contribution in [3.05, 3.63) is 58.4 Å². The summed E-state index contributed by atoms with van der Waals surface area (Å²) < 4.78 is 14.1. The number of hydrogen-bond acceptors (Lipinski definition) is 4. The molecule has 0 aliphatic carbocycles. The Hall–Kier alpha value is -2.02.